The third-order valence-electron chi connectivity index (χ3n) is 3.64. The molecular formula is C16H25N3O2. The minimum absolute atomic E-state index is 0.00847. The second kappa shape index (κ2) is 7.41. The van der Waals surface area contributed by atoms with Crippen molar-refractivity contribution in [3.63, 3.8) is 0 Å². The lowest BCUT2D eigenvalue weighted by Crippen LogP contribution is -2.29. The van der Waals surface area contributed by atoms with Gasteiger partial charge in [-0.05, 0) is 31.4 Å². The Hall–Kier alpha value is -1.62. The number of pyridine rings is 1. The van der Waals surface area contributed by atoms with Crippen molar-refractivity contribution < 1.29 is 9.90 Å². The van der Waals surface area contributed by atoms with E-state index in [-0.39, 0.29) is 12.0 Å². The number of aliphatic hydroxyl groups is 1. The topological polar surface area (TPSA) is 65.5 Å². The van der Waals surface area contributed by atoms with Crippen LogP contribution in [0.3, 0.4) is 0 Å². The number of rotatable bonds is 6. The molecule has 1 aliphatic rings. The molecule has 5 heteroatoms. The van der Waals surface area contributed by atoms with Crippen LogP contribution in [0, 0.1) is 0 Å². The zero-order valence-corrected chi connectivity index (χ0v) is 12.9. The van der Waals surface area contributed by atoms with Crippen molar-refractivity contribution in [1.29, 1.82) is 0 Å². The summed E-state index contributed by atoms with van der Waals surface area (Å²) in [4.78, 5) is 18.8. The Balaban J connectivity index is 2.19. The van der Waals surface area contributed by atoms with Gasteiger partial charge in [-0.15, -0.1) is 0 Å². The van der Waals surface area contributed by atoms with Gasteiger partial charge in [0.05, 0.1) is 6.10 Å². The zero-order chi connectivity index (χ0) is 15.2. The van der Waals surface area contributed by atoms with Crippen LogP contribution in [-0.2, 0) is 6.42 Å². The second-order valence-corrected chi connectivity index (χ2v) is 5.60. The molecule has 116 valence electrons. The molecule has 1 atom stereocenters. The van der Waals surface area contributed by atoms with Crippen LogP contribution in [0.1, 0.15) is 49.2 Å². The molecular weight excluding hydrogens is 266 g/mol. The normalized spacial score (nSPS) is 18.0. The Kier molecular flexibility index (Phi) is 5.56. The van der Waals surface area contributed by atoms with Crippen molar-refractivity contribution >= 4 is 11.7 Å². The number of nitrogens with one attached hydrogen (secondary N) is 1. The summed E-state index contributed by atoms with van der Waals surface area (Å²) in [5.41, 5.74) is 1.61. The molecule has 1 aliphatic heterocycles. The first-order valence-electron chi connectivity index (χ1n) is 7.86. The molecule has 1 aromatic rings. The van der Waals surface area contributed by atoms with Crippen LogP contribution in [0.5, 0.6) is 0 Å². The van der Waals surface area contributed by atoms with Crippen molar-refractivity contribution in [2.45, 2.75) is 45.6 Å². The second-order valence-electron chi connectivity index (χ2n) is 5.60. The van der Waals surface area contributed by atoms with Gasteiger partial charge >= 0.3 is 0 Å². The third kappa shape index (κ3) is 4.17. The fourth-order valence-electron chi connectivity index (χ4n) is 2.55. The Labute approximate surface area is 126 Å². The molecule has 1 amide bonds. The lowest BCUT2D eigenvalue weighted by Gasteiger charge is -2.17. The SMILES string of the molecule is CCCNc1cc(C(=O)N2CCC(O)C2)cc(CCC)n1. The number of nitrogens with zero attached hydrogens (tertiary/aromatic N) is 2. The van der Waals surface area contributed by atoms with Crippen molar-refractivity contribution in [2.24, 2.45) is 0 Å². The summed E-state index contributed by atoms with van der Waals surface area (Å²) in [5.74, 6) is 0.761. The fourth-order valence-corrected chi connectivity index (χ4v) is 2.55. The molecule has 5 nitrogen and oxygen atoms in total. The number of aliphatic hydroxyl groups excluding tert-OH is 1. The van der Waals surface area contributed by atoms with Crippen LogP contribution >= 0.6 is 0 Å². The lowest BCUT2D eigenvalue weighted by atomic mass is 10.1. The molecule has 0 aliphatic carbocycles. The van der Waals surface area contributed by atoms with Crippen LogP contribution < -0.4 is 5.32 Å². The summed E-state index contributed by atoms with van der Waals surface area (Å²) in [7, 11) is 0. The van der Waals surface area contributed by atoms with E-state index in [1.54, 1.807) is 4.90 Å². The van der Waals surface area contributed by atoms with E-state index in [2.05, 4.69) is 24.1 Å². The van der Waals surface area contributed by atoms with E-state index in [1.165, 1.54) is 0 Å². The molecule has 1 saturated heterocycles. The van der Waals surface area contributed by atoms with E-state index in [1.807, 2.05) is 12.1 Å². The van der Waals surface area contributed by atoms with Crippen molar-refractivity contribution in [3.8, 4) is 0 Å². The molecule has 1 fully saturated rings. The maximum atomic E-state index is 12.5. The number of likely N-dealkylation sites (tertiary alicyclic amines) is 1. The maximum Gasteiger partial charge on any atom is 0.254 e. The molecule has 0 saturated carbocycles. The van der Waals surface area contributed by atoms with Gasteiger partial charge in [-0.1, -0.05) is 20.3 Å². The first-order valence-corrected chi connectivity index (χ1v) is 7.86. The highest BCUT2D eigenvalue weighted by molar-refractivity contribution is 5.95. The van der Waals surface area contributed by atoms with Gasteiger partial charge in [0.1, 0.15) is 5.82 Å². The molecule has 0 radical (unpaired) electrons. The average Bonchev–Trinajstić information content (AvgIpc) is 2.91. The molecule has 1 aromatic heterocycles. The molecule has 0 bridgehead atoms. The summed E-state index contributed by atoms with van der Waals surface area (Å²) in [6.45, 7) is 6.11. The minimum Gasteiger partial charge on any atom is -0.391 e. The number of carbonyl (C=O) groups excluding carboxylic acids is 1. The Bertz CT molecular complexity index is 490. The van der Waals surface area contributed by atoms with Crippen LogP contribution in [0.2, 0.25) is 0 Å². The number of carbonyl (C=O) groups is 1. The number of anilines is 1. The maximum absolute atomic E-state index is 12.5. The Morgan fingerprint density at radius 2 is 2.24 bits per heavy atom. The summed E-state index contributed by atoms with van der Waals surface area (Å²) >= 11 is 0. The quantitative estimate of drug-likeness (QED) is 0.842. The standard InChI is InChI=1S/C16H25N3O2/c1-3-5-13-9-12(10-15(18-13)17-7-4-2)16(21)19-8-6-14(20)11-19/h9-10,14,20H,3-8,11H2,1-2H3,(H,17,18). The number of β-amino-alcohol motifs (C(OH)–C–C–N with tert-alkyl or cyclic N) is 1. The van der Waals surface area contributed by atoms with Gasteiger partial charge in [0, 0.05) is 30.9 Å². The molecule has 0 spiro atoms. The molecule has 2 N–H and O–H groups in total. The van der Waals surface area contributed by atoms with Crippen LogP contribution in [0.4, 0.5) is 5.82 Å². The van der Waals surface area contributed by atoms with Gasteiger partial charge in [-0.25, -0.2) is 4.98 Å². The molecule has 2 rings (SSSR count). The van der Waals surface area contributed by atoms with Crippen molar-refractivity contribution in [3.05, 3.63) is 23.4 Å². The fraction of sp³-hybridized carbons (Fsp3) is 0.625. The monoisotopic (exact) mass is 291 g/mol. The van der Waals surface area contributed by atoms with Gasteiger partial charge < -0.3 is 15.3 Å². The number of aromatic nitrogens is 1. The summed E-state index contributed by atoms with van der Waals surface area (Å²) in [5, 5.41) is 12.8. The van der Waals surface area contributed by atoms with E-state index in [9.17, 15) is 9.90 Å². The summed E-state index contributed by atoms with van der Waals surface area (Å²) < 4.78 is 0. The number of hydrogen-bond donors (Lipinski definition) is 2. The van der Waals surface area contributed by atoms with Gasteiger partial charge in [0.25, 0.3) is 5.91 Å². The smallest absolute Gasteiger partial charge is 0.254 e. The zero-order valence-electron chi connectivity index (χ0n) is 12.9. The van der Waals surface area contributed by atoms with E-state index in [0.29, 0.717) is 25.1 Å². The van der Waals surface area contributed by atoms with E-state index in [0.717, 1.165) is 37.3 Å². The lowest BCUT2D eigenvalue weighted by molar-refractivity contribution is 0.0765. The first-order chi connectivity index (χ1) is 10.1. The van der Waals surface area contributed by atoms with Gasteiger partial charge in [-0.2, -0.15) is 0 Å². The molecule has 2 heterocycles. The largest absolute Gasteiger partial charge is 0.391 e. The van der Waals surface area contributed by atoms with E-state index in [4.69, 9.17) is 0 Å². The van der Waals surface area contributed by atoms with Gasteiger partial charge in [-0.3, -0.25) is 4.79 Å². The van der Waals surface area contributed by atoms with Gasteiger partial charge in [0.2, 0.25) is 0 Å². The Morgan fingerprint density at radius 3 is 2.86 bits per heavy atom. The first kappa shape index (κ1) is 15.8. The van der Waals surface area contributed by atoms with Crippen LogP contribution in [-0.4, -0.2) is 46.6 Å². The van der Waals surface area contributed by atoms with Gasteiger partial charge in [0.15, 0.2) is 0 Å². The number of amides is 1. The molecule has 1 unspecified atom stereocenters. The Morgan fingerprint density at radius 1 is 1.43 bits per heavy atom. The number of hydrogen-bond acceptors (Lipinski definition) is 4. The van der Waals surface area contributed by atoms with E-state index >= 15 is 0 Å². The highest BCUT2D eigenvalue weighted by Gasteiger charge is 2.25. The molecule has 0 aromatic carbocycles. The molecule has 21 heavy (non-hydrogen) atoms. The predicted molar refractivity (Wildman–Crippen MR) is 83.5 cm³/mol. The highest BCUT2D eigenvalue weighted by atomic mass is 16.3. The van der Waals surface area contributed by atoms with Crippen LogP contribution in [0.15, 0.2) is 12.1 Å². The third-order valence-corrected chi connectivity index (χ3v) is 3.64. The minimum atomic E-state index is -0.386. The summed E-state index contributed by atoms with van der Waals surface area (Å²) in [6, 6.07) is 3.70. The highest BCUT2D eigenvalue weighted by Crippen LogP contribution is 2.17. The van der Waals surface area contributed by atoms with Crippen molar-refractivity contribution in [1.82, 2.24) is 9.88 Å². The average molecular weight is 291 g/mol. The number of aryl methyl sites for hydroxylation is 1. The van der Waals surface area contributed by atoms with Crippen LogP contribution in [0.25, 0.3) is 0 Å². The van der Waals surface area contributed by atoms with Crippen molar-refractivity contribution in [2.75, 3.05) is 25.0 Å². The van der Waals surface area contributed by atoms with E-state index < -0.39 is 0 Å². The summed E-state index contributed by atoms with van der Waals surface area (Å²) in [6.07, 6.45) is 3.16. The predicted octanol–water partition coefficient (Wildman–Crippen LogP) is 2.06.